The van der Waals surface area contributed by atoms with Crippen LogP contribution in [-0.2, 0) is 0 Å². The molecular formula is C18H21Cl2N3O2. The second kappa shape index (κ2) is 7.36. The van der Waals surface area contributed by atoms with Crippen LogP contribution in [0.1, 0.15) is 36.2 Å². The maximum absolute atomic E-state index is 12.7. The lowest BCUT2D eigenvalue weighted by atomic mass is 9.98. The Balaban J connectivity index is 0.00000182. The van der Waals surface area contributed by atoms with E-state index < -0.39 is 0 Å². The molecule has 2 aliphatic rings. The summed E-state index contributed by atoms with van der Waals surface area (Å²) in [6, 6.07) is 10.4. The van der Waals surface area contributed by atoms with Gasteiger partial charge in [-0.1, -0.05) is 28.9 Å². The van der Waals surface area contributed by atoms with Gasteiger partial charge in [-0.2, -0.15) is 0 Å². The molecule has 2 aromatic rings. The van der Waals surface area contributed by atoms with Gasteiger partial charge in [0, 0.05) is 41.8 Å². The monoisotopic (exact) mass is 381 g/mol. The van der Waals surface area contributed by atoms with E-state index in [0.717, 1.165) is 18.4 Å². The molecule has 2 fully saturated rings. The van der Waals surface area contributed by atoms with Crippen molar-refractivity contribution in [1.82, 2.24) is 15.4 Å². The highest BCUT2D eigenvalue weighted by atomic mass is 35.5. The molecule has 134 valence electrons. The summed E-state index contributed by atoms with van der Waals surface area (Å²) in [6.45, 7) is 0. The molecule has 1 N–H and O–H groups in total. The summed E-state index contributed by atoms with van der Waals surface area (Å²) in [5.74, 6) is 0.167. The minimum Gasteiger partial charge on any atom is -0.350 e. The van der Waals surface area contributed by atoms with Crippen LogP contribution in [0.2, 0.25) is 5.02 Å². The zero-order valence-electron chi connectivity index (χ0n) is 13.9. The van der Waals surface area contributed by atoms with Crippen LogP contribution in [-0.4, -0.2) is 41.1 Å². The molecule has 25 heavy (non-hydrogen) atoms. The fourth-order valence-electron chi connectivity index (χ4n) is 3.84. The fraction of sp³-hybridized carbons (Fsp3) is 0.444. The summed E-state index contributed by atoms with van der Waals surface area (Å²) < 4.78 is 5.30. The van der Waals surface area contributed by atoms with Crippen molar-refractivity contribution in [3.05, 3.63) is 41.1 Å². The summed E-state index contributed by atoms with van der Waals surface area (Å²) in [7, 11) is 1.86. The van der Waals surface area contributed by atoms with Crippen molar-refractivity contribution in [2.45, 2.75) is 43.8 Å². The van der Waals surface area contributed by atoms with Gasteiger partial charge in [0.05, 0.1) is 0 Å². The third kappa shape index (κ3) is 3.68. The van der Waals surface area contributed by atoms with E-state index in [4.69, 9.17) is 16.1 Å². The van der Waals surface area contributed by atoms with Gasteiger partial charge in [-0.15, -0.1) is 12.4 Å². The Morgan fingerprint density at radius 1 is 1.28 bits per heavy atom. The Labute approximate surface area is 158 Å². The molecular weight excluding hydrogens is 361 g/mol. The number of amides is 1. The number of benzene rings is 1. The van der Waals surface area contributed by atoms with Crippen LogP contribution >= 0.6 is 24.0 Å². The van der Waals surface area contributed by atoms with Gasteiger partial charge in [0.2, 0.25) is 5.76 Å². The molecule has 2 bridgehead atoms. The summed E-state index contributed by atoms with van der Waals surface area (Å²) in [5.41, 5.74) is 1.47. The molecule has 2 saturated heterocycles. The number of aromatic nitrogens is 1. The number of piperidine rings is 1. The van der Waals surface area contributed by atoms with Crippen molar-refractivity contribution >= 4 is 29.9 Å². The number of carbonyl (C=O) groups is 1. The van der Waals surface area contributed by atoms with Crippen LogP contribution in [0.25, 0.3) is 11.3 Å². The predicted molar refractivity (Wildman–Crippen MR) is 99.3 cm³/mol. The van der Waals surface area contributed by atoms with Crippen molar-refractivity contribution in [2.24, 2.45) is 0 Å². The molecule has 1 aromatic carbocycles. The van der Waals surface area contributed by atoms with Gasteiger partial charge in [-0.3, -0.25) is 4.79 Å². The first-order valence-electron chi connectivity index (χ1n) is 8.36. The summed E-state index contributed by atoms with van der Waals surface area (Å²) in [4.78, 5) is 14.5. The first kappa shape index (κ1) is 18.2. The van der Waals surface area contributed by atoms with Gasteiger partial charge < -0.3 is 14.7 Å². The number of hydrogen-bond acceptors (Lipinski definition) is 4. The number of carbonyl (C=O) groups excluding carboxylic acids is 1. The van der Waals surface area contributed by atoms with Crippen LogP contribution in [0.4, 0.5) is 0 Å². The third-order valence-corrected chi connectivity index (χ3v) is 5.39. The second-order valence-corrected chi connectivity index (χ2v) is 7.20. The van der Waals surface area contributed by atoms with Gasteiger partial charge in [0.25, 0.3) is 5.91 Å². The maximum Gasteiger partial charge on any atom is 0.292 e. The van der Waals surface area contributed by atoms with Crippen LogP contribution in [0, 0.1) is 0 Å². The fourth-order valence-corrected chi connectivity index (χ4v) is 4.03. The SMILES string of the molecule is CN(C(=O)c1cc(-c2cccc(Cl)c2)no1)C1CC2CCC(C1)N2.Cl. The van der Waals surface area contributed by atoms with Crippen LogP contribution < -0.4 is 5.32 Å². The van der Waals surface area contributed by atoms with E-state index in [9.17, 15) is 4.79 Å². The summed E-state index contributed by atoms with van der Waals surface area (Å²) in [6.07, 6.45) is 4.44. The number of nitrogens with one attached hydrogen (secondary N) is 1. The molecule has 0 radical (unpaired) electrons. The van der Waals surface area contributed by atoms with Crippen LogP contribution in [0.3, 0.4) is 0 Å². The molecule has 1 aromatic heterocycles. The van der Waals surface area contributed by atoms with Crippen molar-refractivity contribution in [3.63, 3.8) is 0 Å². The predicted octanol–water partition coefficient (Wildman–Crippen LogP) is 3.77. The molecule has 7 heteroatoms. The number of fused-ring (bicyclic) bond motifs is 2. The Bertz CT molecular complexity index is 752. The molecule has 4 rings (SSSR count). The normalized spacial score (nSPS) is 24.6. The molecule has 2 unspecified atom stereocenters. The highest BCUT2D eigenvalue weighted by molar-refractivity contribution is 6.30. The number of nitrogens with zero attached hydrogens (tertiary/aromatic N) is 2. The topological polar surface area (TPSA) is 58.4 Å². The summed E-state index contributed by atoms with van der Waals surface area (Å²) >= 11 is 6.01. The molecule has 2 atom stereocenters. The van der Waals surface area contributed by atoms with Gasteiger partial charge in [0.1, 0.15) is 5.69 Å². The van der Waals surface area contributed by atoms with E-state index in [1.807, 2.05) is 30.1 Å². The molecule has 0 aliphatic carbocycles. The van der Waals surface area contributed by atoms with E-state index in [-0.39, 0.29) is 30.1 Å². The largest absolute Gasteiger partial charge is 0.350 e. The first-order valence-corrected chi connectivity index (χ1v) is 8.74. The van der Waals surface area contributed by atoms with E-state index in [1.165, 1.54) is 12.8 Å². The number of hydrogen-bond donors (Lipinski definition) is 1. The maximum atomic E-state index is 12.7. The van der Waals surface area contributed by atoms with Gasteiger partial charge >= 0.3 is 0 Å². The zero-order chi connectivity index (χ0) is 16.7. The minimum atomic E-state index is -0.109. The molecule has 3 heterocycles. The van der Waals surface area contributed by atoms with Crippen LogP contribution in [0.15, 0.2) is 34.9 Å². The molecule has 5 nitrogen and oxygen atoms in total. The van der Waals surface area contributed by atoms with E-state index in [2.05, 4.69) is 10.5 Å². The molecule has 1 amide bonds. The lowest BCUT2D eigenvalue weighted by molar-refractivity contribution is 0.0640. The Hall–Kier alpha value is -1.56. The van der Waals surface area contributed by atoms with Gasteiger partial charge in [-0.05, 0) is 37.8 Å². The second-order valence-electron chi connectivity index (χ2n) is 6.77. The van der Waals surface area contributed by atoms with Gasteiger partial charge in [-0.25, -0.2) is 0 Å². The van der Waals surface area contributed by atoms with Crippen molar-refractivity contribution < 1.29 is 9.32 Å². The highest BCUT2D eigenvalue weighted by Gasteiger charge is 2.37. The lowest BCUT2D eigenvalue weighted by Gasteiger charge is -2.35. The average molecular weight is 382 g/mol. The standard InChI is InChI=1S/C18H20ClN3O2.ClH/c1-22(15-8-13-5-6-14(9-15)20-13)18(23)17-10-16(21-24-17)11-3-2-4-12(19)7-11;/h2-4,7,10,13-15,20H,5-6,8-9H2,1H3;1H. The minimum absolute atomic E-state index is 0. The highest BCUT2D eigenvalue weighted by Crippen LogP contribution is 2.30. The van der Waals surface area contributed by atoms with Crippen LogP contribution in [0.5, 0.6) is 0 Å². The smallest absolute Gasteiger partial charge is 0.292 e. The first-order chi connectivity index (χ1) is 11.6. The third-order valence-electron chi connectivity index (χ3n) is 5.16. The molecule has 0 saturated carbocycles. The quantitative estimate of drug-likeness (QED) is 0.878. The summed E-state index contributed by atoms with van der Waals surface area (Å²) in [5, 5.41) is 8.25. The van der Waals surface area contributed by atoms with Crippen molar-refractivity contribution in [2.75, 3.05) is 7.05 Å². The van der Waals surface area contributed by atoms with E-state index >= 15 is 0 Å². The van der Waals surface area contributed by atoms with E-state index in [0.29, 0.717) is 22.8 Å². The molecule has 2 aliphatic heterocycles. The van der Waals surface area contributed by atoms with Gasteiger partial charge in [0.15, 0.2) is 0 Å². The number of halogens is 2. The van der Waals surface area contributed by atoms with Crippen molar-refractivity contribution in [3.8, 4) is 11.3 Å². The van der Waals surface area contributed by atoms with E-state index in [1.54, 1.807) is 12.1 Å². The Morgan fingerprint density at radius 3 is 2.68 bits per heavy atom. The molecule has 0 spiro atoms. The Morgan fingerprint density at radius 2 is 2.00 bits per heavy atom. The van der Waals surface area contributed by atoms with Crippen molar-refractivity contribution in [1.29, 1.82) is 0 Å². The zero-order valence-corrected chi connectivity index (χ0v) is 15.5. The Kier molecular flexibility index (Phi) is 5.37. The number of rotatable bonds is 3. The average Bonchev–Trinajstić information content (AvgIpc) is 3.20. The lowest BCUT2D eigenvalue weighted by Crippen LogP contribution is -2.48.